The minimum atomic E-state index is -4.88. The number of rotatable bonds is 6. The number of sulfonamides is 1. The SMILES string of the molecule is COC(=O)CN/C(=N/S(=O)(=O)c1ccc(OC(F)(F)F)cc1)NC12CC3CC(CC(C3)C1)C2. The first-order valence-electron chi connectivity index (χ1n) is 10.7. The lowest BCUT2D eigenvalue weighted by atomic mass is 9.53. The normalized spacial score (nSPS) is 29.0. The van der Waals surface area contributed by atoms with E-state index in [0.29, 0.717) is 17.8 Å². The predicted octanol–water partition coefficient (Wildman–Crippen LogP) is 2.95. The fraction of sp³-hybridized carbons (Fsp3) is 0.619. The third-order valence-electron chi connectivity index (χ3n) is 6.62. The maximum atomic E-state index is 12.9. The van der Waals surface area contributed by atoms with Gasteiger partial charge in [-0.2, -0.15) is 8.42 Å². The summed E-state index contributed by atoms with van der Waals surface area (Å²) in [6, 6.07) is 3.79. The molecule has 0 radical (unpaired) electrons. The Bertz CT molecular complexity index is 989. The van der Waals surface area contributed by atoms with Gasteiger partial charge in [0.1, 0.15) is 12.3 Å². The minimum absolute atomic E-state index is 0.0713. The number of nitrogens with one attached hydrogen (secondary N) is 2. The Morgan fingerprint density at radius 3 is 2.12 bits per heavy atom. The van der Waals surface area contributed by atoms with Gasteiger partial charge in [-0.05, 0) is 80.5 Å². The van der Waals surface area contributed by atoms with Crippen LogP contribution in [0.4, 0.5) is 13.2 Å². The van der Waals surface area contributed by atoms with E-state index in [1.165, 1.54) is 26.4 Å². The summed E-state index contributed by atoms with van der Waals surface area (Å²) in [4.78, 5) is 11.3. The highest BCUT2D eigenvalue weighted by Crippen LogP contribution is 2.55. The van der Waals surface area contributed by atoms with Gasteiger partial charge in [-0.1, -0.05) is 0 Å². The van der Waals surface area contributed by atoms with Crippen LogP contribution in [0, 0.1) is 17.8 Å². The number of carbonyl (C=O) groups excluding carboxylic acids is 1. The molecule has 4 aliphatic rings. The first-order chi connectivity index (χ1) is 15.5. The van der Waals surface area contributed by atoms with Crippen molar-refractivity contribution in [1.82, 2.24) is 10.6 Å². The molecule has 1 aromatic carbocycles. The van der Waals surface area contributed by atoms with Crippen LogP contribution in [0.5, 0.6) is 5.75 Å². The summed E-state index contributed by atoms with van der Waals surface area (Å²) in [6.45, 7) is -0.289. The Morgan fingerprint density at radius 2 is 1.64 bits per heavy atom. The number of hydrogen-bond donors (Lipinski definition) is 2. The fourth-order valence-electron chi connectivity index (χ4n) is 5.83. The van der Waals surface area contributed by atoms with Gasteiger partial charge in [-0.3, -0.25) is 4.79 Å². The second-order valence-electron chi connectivity index (χ2n) is 9.19. The van der Waals surface area contributed by atoms with Crippen molar-refractivity contribution in [2.45, 2.75) is 55.3 Å². The van der Waals surface area contributed by atoms with Gasteiger partial charge in [0.15, 0.2) is 0 Å². The Morgan fingerprint density at radius 1 is 1.09 bits per heavy atom. The quantitative estimate of drug-likeness (QED) is 0.360. The zero-order valence-electron chi connectivity index (χ0n) is 18.0. The number of guanidine groups is 1. The number of esters is 1. The lowest BCUT2D eigenvalue weighted by molar-refractivity contribution is -0.274. The van der Waals surface area contributed by atoms with Crippen molar-refractivity contribution >= 4 is 22.0 Å². The molecule has 182 valence electrons. The lowest BCUT2D eigenvalue weighted by Crippen LogP contribution is -2.62. The molecule has 0 aliphatic heterocycles. The van der Waals surface area contributed by atoms with Crippen LogP contribution >= 0.6 is 0 Å². The average molecular weight is 490 g/mol. The van der Waals surface area contributed by atoms with Crippen LogP contribution in [0.15, 0.2) is 33.6 Å². The highest BCUT2D eigenvalue weighted by Gasteiger charge is 2.51. The number of alkyl halides is 3. The summed E-state index contributed by atoms with van der Waals surface area (Å²) in [5.41, 5.74) is -0.295. The van der Waals surface area contributed by atoms with Crippen LogP contribution in [0.25, 0.3) is 0 Å². The van der Waals surface area contributed by atoms with E-state index in [4.69, 9.17) is 0 Å². The summed E-state index contributed by atoms with van der Waals surface area (Å²) < 4.78 is 75.1. The molecule has 12 heteroatoms. The zero-order valence-corrected chi connectivity index (χ0v) is 18.8. The molecular formula is C21H26F3N3O5S. The van der Waals surface area contributed by atoms with Gasteiger partial charge < -0.3 is 20.1 Å². The van der Waals surface area contributed by atoms with E-state index in [1.807, 2.05) is 0 Å². The molecular weight excluding hydrogens is 463 g/mol. The van der Waals surface area contributed by atoms with Crippen molar-refractivity contribution in [1.29, 1.82) is 0 Å². The molecule has 0 aromatic heterocycles. The van der Waals surface area contributed by atoms with Gasteiger partial charge in [0.05, 0.1) is 12.0 Å². The first-order valence-corrected chi connectivity index (χ1v) is 12.2. The standard InChI is InChI=1S/C21H26F3N3O5S/c1-31-18(28)12-25-19(26-20-9-13-6-14(10-20)8-15(7-13)11-20)27-33(29,30)17-4-2-16(3-5-17)32-21(22,23)24/h2-5,13-15H,6-12H2,1H3,(H2,25,26,27). The molecule has 4 bridgehead atoms. The number of ether oxygens (including phenoxy) is 2. The monoisotopic (exact) mass is 489 g/mol. The van der Waals surface area contributed by atoms with Crippen LogP contribution in [0.3, 0.4) is 0 Å². The predicted molar refractivity (Wildman–Crippen MR) is 112 cm³/mol. The second kappa shape index (κ2) is 8.69. The van der Waals surface area contributed by atoms with Crippen LogP contribution in [0.2, 0.25) is 0 Å². The smallest absolute Gasteiger partial charge is 0.468 e. The van der Waals surface area contributed by atoms with Gasteiger partial charge in [-0.15, -0.1) is 17.6 Å². The summed E-state index contributed by atoms with van der Waals surface area (Å²) in [5.74, 6) is 0.551. The second-order valence-corrected chi connectivity index (χ2v) is 10.8. The van der Waals surface area contributed by atoms with Gasteiger partial charge >= 0.3 is 12.3 Å². The average Bonchev–Trinajstić information content (AvgIpc) is 2.69. The molecule has 0 heterocycles. The number of nitrogens with zero attached hydrogens (tertiary/aromatic N) is 1. The lowest BCUT2D eigenvalue weighted by Gasteiger charge is -2.57. The summed E-state index contributed by atoms with van der Waals surface area (Å²) in [5, 5.41) is 6.01. The summed E-state index contributed by atoms with van der Waals surface area (Å²) in [7, 11) is -3.07. The van der Waals surface area contributed by atoms with E-state index < -0.39 is 28.1 Å². The van der Waals surface area contributed by atoms with Crippen LogP contribution < -0.4 is 15.4 Å². The van der Waals surface area contributed by atoms with E-state index in [-0.39, 0.29) is 22.9 Å². The van der Waals surface area contributed by atoms with E-state index >= 15 is 0 Å². The van der Waals surface area contributed by atoms with Gasteiger partial charge in [0.25, 0.3) is 10.0 Å². The molecule has 0 unspecified atom stereocenters. The maximum absolute atomic E-state index is 12.9. The molecule has 0 atom stereocenters. The maximum Gasteiger partial charge on any atom is 0.573 e. The van der Waals surface area contributed by atoms with Crippen molar-refractivity contribution < 1.29 is 35.9 Å². The molecule has 8 nitrogen and oxygen atoms in total. The Hall–Kier alpha value is -2.50. The van der Waals surface area contributed by atoms with E-state index in [1.54, 1.807) is 0 Å². The molecule has 5 rings (SSSR count). The Labute approximate surface area is 190 Å². The molecule has 0 amide bonds. The minimum Gasteiger partial charge on any atom is -0.468 e. The highest BCUT2D eigenvalue weighted by molar-refractivity contribution is 7.90. The molecule has 4 aliphatic carbocycles. The largest absolute Gasteiger partial charge is 0.573 e. The fourth-order valence-corrected chi connectivity index (χ4v) is 6.76. The molecule has 0 saturated heterocycles. The Kier molecular flexibility index (Phi) is 6.23. The topological polar surface area (TPSA) is 106 Å². The molecule has 1 aromatic rings. The van der Waals surface area contributed by atoms with Crippen LogP contribution in [0.1, 0.15) is 38.5 Å². The van der Waals surface area contributed by atoms with Gasteiger partial charge in [0, 0.05) is 5.54 Å². The summed E-state index contributed by atoms with van der Waals surface area (Å²) in [6.07, 6.45) is 1.39. The van der Waals surface area contributed by atoms with E-state index in [0.717, 1.165) is 43.5 Å². The number of methoxy groups -OCH3 is 1. The molecule has 0 spiro atoms. The van der Waals surface area contributed by atoms with Crippen molar-refractivity contribution in [3.05, 3.63) is 24.3 Å². The summed E-state index contributed by atoms with van der Waals surface area (Å²) >= 11 is 0. The van der Waals surface area contributed by atoms with Crippen molar-refractivity contribution in [2.24, 2.45) is 22.2 Å². The van der Waals surface area contributed by atoms with Crippen molar-refractivity contribution in [2.75, 3.05) is 13.7 Å². The third kappa shape index (κ3) is 5.71. The molecule has 33 heavy (non-hydrogen) atoms. The molecule has 2 N–H and O–H groups in total. The van der Waals surface area contributed by atoms with E-state index in [2.05, 4.69) is 24.5 Å². The van der Waals surface area contributed by atoms with Gasteiger partial charge in [0.2, 0.25) is 5.96 Å². The van der Waals surface area contributed by atoms with Crippen LogP contribution in [-0.2, 0) is 19.6 Å². The molecule has 4 saturated carbocycles. The highest BCUT2D eigenvalue weighted by atomic mass is 32.2. The Balaban J connectivity index is 1.57. The molecule has 4 fully saturated rings. The third-order valence-corrected chi connectivity index (χ3v) is 7.91. The van der Waals surface area contributed by atoms with Crippen molar-refractivity contribution in [3.63, 3.8) is 0 Å². The van der Waals surface area contributed by atoms with Crippen molar-refractivity contribution in [3.8, 4) is 5.75 Å². The number of halogens is 3. The van der Waals surface area contributed by atoms with E-state index in [9.17, 15) is 26.4 Å². The number of hydrogen-bond acceptors (Lipinski definition) is 5. The first kappa shape index (κ1) is 23.7. The van der Waals surface area contributed by atoms with Gasteiger partial charge in [-0.25, -0.2) is 0 Å². The number of carbonyl (C=O) groups is 1. The zero-order chi connectivity index (χ0) is 23.9. The van der Waals surface area contributed by atoms with Crippen LogP contribution in [-0.4, -0.2) is 45.9 Å². The number of benzene rings is 1.